The number of fused-ring (bicyclic) bond motifs is 1. The quantitative estimate of drug-likeness (QED) is 0.557. The molecule has 0 bridgehead atoms. The molecule has 2 aromatic carbocycles. The Hall–Kier alpha value is -2.97. The lowest BCUT2D eigenvalue weighted by Crippen LogP contribution is -2.46. The van der Waals surface area contributed by atoms with Crippen LogP contribution in [0, 0.1) is 12.7 Å². The molecule has 2 aliphatic heterocycles. The van der Waals surface area contributed by atoms with E-state index in [9.17, 15) is 9.59 Å². The number of aromatic nitrogens is 2. The summed E-state index contributed by atoms with van der Waals surface area (Å²) in [4.78, 5) is 32.1. The Bertz CT molecular complexity index is 1270. The second-order valence-electron chi connectivity index (χ2n) is 8.93. The van der Waals surface area contributed by atoms with Gasteiger partial charge in [-0.1, -0.05) is 17.7 Å². The van der Waals surface area contributed by atoms with E-state index in [1.807, 2.05) is 29.7 Å². The van der Waals surface area contributed by atoms with Crippen molar-refractivity contribution >= 4 is 40.1 Å². The van der Waals surface area contributed by atoms with Gasteiger partial charge < -0.3 is 19.1 Å². The highest BCUT2D eigenvalue weighted by atomic mass is 35.5. The predicted molar refractivity (Wildman–Crippen MR) is 128 cm³/mol. The summed E-state index contributed by atoms with van der Waals surface area (Å²) in [5, 5.41) is 0.193. The van der Waals surface area contributed by atoms with E-state index >= 15 is 4.39 Å². The molecule has 9 heteroatoms. The van der Waals surface area contributed by atoms with Crippen molar-refractivity contribution in [2.75, 3.05) is 31.1 Å². The number of halogens is 2. The topological polar surface area (TPSA) is 67.7 Å². The first-order valence-corrected chi connectivity index (χ1v) is 11.8. The van der Waals surface area contributed by atoms with E-state index in [0.29, 0.717) is 50.7 Å². The Labute approximate surface area is 202 Å². The molecule has 34 heavy (non-hydrogen) atoms. The second-order valence-corrected chi connectivity index (χ2v) is 9.34. The van der Waals surface area contributed by atoms with Gasteiger partial charge in [-0.3, -0.25) is 9.59 Å². The molecule has 5 rings (SSSR count). The van der Waals surface area contributed by atoms with Crippen molar-refractivity contribution in [1.82, 2.24) is 14.5 Å². The lowest BCUT2D eigenvalue weighted by atomic mass is 10.1. The van der Waals surface area contributed by atoms with Crippen LogP contribution in [0.25, 0.3) is 22.4 Å². The van der Waals surface area contributed by atoms with Gasteiger partial charge in [-0.2, -0.15) is 0 Å². The summed E-state index contributed by atoms with van der Waals surface area (Å²) in [6, 6.07) is 8.87. The number of carbonyl (C=O) groups excluding carboxylic acids is 2. The van der Waals surface area contributed by atoms with Gasteiger partial charge in [0, 0.05) is 38.7 Å². The lowest BCUT2D eigenvalue weighted by Gasteiger charge is -2.32. The number of aryl methyl sites for hydroxylation is 1. The maximum atomic E-state index is 15.6. The van der Waals surface area contributed by atoms with Crippen LogP contribution < -0.4 is 4.90 Å². The summed E-state index contributed by atoms with van der Waals surface area (Å²) in [6.45, 7) is 5.91. The van der Waals surface area contributed by atoms with Gasteiger partial charge >= 0.3 is 0 Å². The smallest absolute Gasteiger partial charge is 0.227 e. The zero-order chi connectivity index (χ0) is 24.0. The van der Waals surface area contributed by atoms with Gasteiger partial charge in [0.25, 0.3) is 0 Å². The first-order valence-electron chi connectivity index (χ1n) is 11.5. The third kappa shape index (κ3) is 4.16. The van der Waals surface area contributed by atoms with Gasteiger partial charge in [0.05, 0.1) is 40.9 Å². The second kappa shape index (κ2) is 9.00. The molecule has 0 aliphatic carbocycles. The molecule has 7 nitrogen and oxygen atoms in total. The van der Waals surface area contributed by atoms with E-state index in [4.69, 9.17) is 21.3 Å². The highest BCUT2D eigenvalue weighted by molar-refractivity contribution is 6.33. The highest BCUT2D eigenvalue weighted by Gasteiger charge is 2.28. The molecule has 1 atom stereocenters. The van der Waals surface area contributed by atoms with Gasteiger partial charge in [-0.15, -0.1) is 0 Å². The van der Waals surface area contributed by atoms with Crippen molar-refractivity contribution in [1.29, 1.82) is 0 Å². The van der Waals surface area contributed by atoms with Gasteiger partial charge in [0.15, 0.2) is 0 Å². The molecule has 0 saturated carbocycles. The molecular weight excluding hydrogens is 459 g/mol. The summed E-state index contributed by atoms with van der Waals surface area (Å²) in [5.74, 6) is -0.174. The molecule has 2 amide bonds. The Morgan fingerprint density at radius 1 is 1.26 bits per heavy atom. The van der Waals surface area contributed by atoms with Gasteiger partial charge in [-0.25, -0.2) is 9.37 Å². The SMILES string of the molecule is CC(=O)N1CCO[C@@H](Cn2c(-c3c(F)cc(N4CCCC4=O)cc3Cl)nc3cc(C)ccc32)C1. The molecule has 3 heterocycles. The summed E-state index contributed by atoms with van der Waals surface area (Å²) in [6.07, 6.45) is 0.932. The fourth-order valence-corrected chi connectivity index (χ4v) is 5.07. The lowest BCUT2D eigenvalue weighted by molar-refractivity contribution is -0.136. The van der Waals surface area contributed by atoms with Crippen LogP contribution in [0.4, 0.5) is 10.1 Å². The minimum absolute atomic E-state index is 0.000718. The van der Waals surface area contributed by atoms with Crippen LogP contribution in [0.2, 0.25) is 5.02 Å². The van der Waals surface area contributed by atoms with Crippen LogP contribution in [-0.2, 0) is 20.9 Å². The molecule has 0 radical (unpaired) electrons. The Morgan fingerprint density at radius 3 is 2.79 bits per heavy atom. The zero-order valence-electron chi connectivity index (χ0n) is 19.2. The number of morpholine rings is 1. The Balaban J connectivity index is 1.58. The van der Waals surface area contributed by atoms with Crippen LogP contribution in [0.1, 0.15) is 25.3 Å². The van der Waals surface area contributed by atoms with E-state index < -0.39 is 5.82 Å². The van der Waals surface area contributed by atoms with Gasteiger partial charge in [0.2, 0.25) is 11.8 Å². The predicted octanol–water partition coefficient (Wildman–Crippen LogP) is 4.18. The van der Waals surface area contributed by atoms with E-state index in [0.717, 1.165) is 23.0 Å². The molecule has 0 spiro atoms. The third-order valence-corrected chi connectivity index (χ3v) is 6.81. The fraction of sp³-hybridized carbons (Fsp3) is 0.400. The van der Waals surface area contributed by atoms with Gasteiger partial charge in [0.1, 0.15) is 11.6 Å². The summed E-state index contributed by atoms with van der Waals surface area (Å²) >= 11 is 6.62. The van der Waals surface area contributed by atoms with Crippen LogP contribution in [0.3, 0.4) is 0 Å². The molecule has 2 saturated heterocycles. The number of carbonyl (C=O) groups is 2. The molecular formula is C25H26ClFN4O3. The average molecular weight is 485 g/mol. The minimum atomic E-state index is -0.537. The summed E-state index contributed by atoms with van der Waals surface area (Å²) < 4.78 is 23.4. The largest absolute Gasteiger partial charge is 0.373 e. The van der Waals surface area contributed by atoms with Crippen molar-refractivity contribution in [2.24, 2.45) is 0 Å². The number of hydrogen-bond donors (Lipinski definition) is 0. The monoisotopic (exact) mass is 484 g/mol. The Morgan fingerprint density at radius 2 is 2.09 bits per heavy atom. The first-order chi connectivity index (χ1) is 16.3. The van der Waals surface area contributed by atoms with Crippen molar-refractivity contribution in [3.63, 3.8) is 0 Å². The van der Waals surface area contributed by atoms with E-state index in [-0.39, 0.29) is 28.5 Å². The number of benzene rings is 2. The normalized spacial score (nSPS) is 18.8. The van der Waals surface area contributed by atoms with E-state index in [1.165, 1.54) is 6.07 Å². The van der Waals surface area contributed by atoms with Crippen molar-refractivity contribution in [3.05, 3.63) is 46.7 Å². The van der Waals surface area contributed by atoms with Crippen LogP contribution >= 0.6 is 11.6 Å². The maximum absolute atomic E-state index is 15.6. The molecule has 3 aromatic rings. The number of amides is 2. The van der Waals surface area contributed by atoms with Crippen LogP contribution in [0.15, 0.2) is 30.3 Å². The van der Waals surface area contributed by atoms with E-state index in [2.05, 4.69) is 0 Å². The standard InChI is InChI=1S/C25H26ClFN4O3/c1-15-5-6-22-21(10-15)28-25(31(22)14-18-13-29(16(2)32)8-9-34-18)24-19(26)11-17(12-20(24)27)30-7-3-4-23(30)33/h5-6,10-12,18H,3-4,7-9,13-14H2,1-2H3/t18-/m1/s1. The van der Waals surface area contributed by atoms with E-state index in [1.54, 1.807) is 22.8 Å². The number of nitrogens with zero attached hydrogens (tertiary/aromatic N) is 4. The molecule has 178 valence electrons. The molecule has 2 fully saturated rings. The summed E-state index contributed by atoms with van der Waals surface area (Å²) in [5.41, 5.74) is 3.24. The Kier molecular flexibility index (Phi) is 6.04. The van der Waals surface area contributed by atoms with Crippen molar-refractivity contribution in [2.45, 2.75) is 39.3 Å². The van der Waals surface area contributed by atoms with Gasteiger partial charge in [-0.05, 0) is 43.2 Å². The van der Waals surface area contributed by atoms with Crippen molar-refractivity contribution < 1.29 is 18.7 Å². The number of rotatable bonds is 4. The fourth-order valence-electron chi connectivity index (χ4n) is 4.79. The number of ether oxygens (including phenoxy) is 1. The molecule has 1 aromatic heterocycles. The molecule has 0 unspecified atom stereocenters. The number of anilines is 1. The number of imidazole rings is 1. The van der Waals surface area contributed by atoms with Crippen LogP contribution in [-0.4, -0.2) is 58.6 Å². The maximum Gasteiger partial charge on any atom is 0.227 e. The molecule has 2 aliphatic rings. The van der Waals surface area contributed by atoms with Crippen molar-refractivity contribution in [3.8, 4) is 11.4 Å². The molecule has 0 N–H and O–H groups in total. The summed E-state index contributed by atoms with van der Waals surface area (Å²) in [7, 11) is 0. The minimum Gasteiger partial charge on any atom is -0.373 e. The zero-order valence-corrected chi connectivity index (χ0v) is 19.9. The average Bonchev–Trinajstić information content (AvgIpc) is 3.37. The number of hydrogen-bond acceptors (Lipinski definition) is 4. The van der Waals surface area contributed by atoms with Crippen LogP contribution in [0.5, 0.6) is 0 Å². The first kappa shape index (κ1) is 22.8. The highest BCUT2D eigenvalue weighted by Crippen LogP contribution is 2.37. The third-order valence-electron chi connectivity index (χ3n) is 6.51.